The number of carbonyl (C=O) groups is 1. The van der Waals surface area contributed by atoms with E-state index >= 15 is 0 Å². The van der Waals surface area contributed by atoms with Crippen LogP contribution in [0.25, 0.3) is 0 Å². The van der Waals surface area contributed by atoms with E-state index in [1.54, 1.807) is 14.2 Å². The van der Waals surface area contributed by atoms with Crippen molar-refractivity contribution in [2.24, 2.45) is 0 Å². The molecule has 5 unspecified atom stereocenters. The monoisotopic (exact) mass is 278 g/mol. The van der Waals surface area contributed by atoms with Gasteiger partial charge in [-0.2, -0.15) is 0 Å². The van der Waals surface area contributed by atoms with Crippen molar-refractivity contribution in [1.82, 2.24) is 0 Å². The predicted octanol–water partition coefficient (Wildman–Crippen LogP) is -0.0342. The van der Waals surface area contributed by atoms with E-state index in [0.717, 1.165) is 0 Å². The maximum atomic E-state index is 11.2. The van der Waals surface area contributed by atoms with Crippen molar-refractivity contribution in [3.05, 3.63) is 0 Å². The fourth-order valence-electron chi connectivity index (χ4n) is 2.24. The molecule has 0 amide bonds. The summed E-state index contributed by atoms with van der Waals surface area (Å²) in [5.74, 6) is -0.433. The van der Waals surface area contributed by atoms with Crippen molar-refractivity contribution in [2.75, 3.05) is 35.0 Å². The number of hydrogen-bond donors (Lipinski definition) is 0. The summed E-state index contributed by atoms with van der Waals surface area (Å²) in [5, 5.41) is 0. The zero-order valence-electron chi connectivity index (χ0n) is 12.0. The maximum absolute atomic E-state index is 11.2. The molecule has 0 aromatic rings. The van der Waals surface area contributed by atoms with E-state index in [-0.39, 0.29) is 6.10 Å². The van der Waals surface area contributed by atoms with Crippen LogP contribution in [0.4, 0.5) is 0 Å². The standard InChI is InChI=1S/C12H22O7/c1-7(13)18-11-10(16-4)9(15-3)8(6-14-2)19-12(11)17-5/h8-12H,6H2,1-5H3. The minimum atomic E-state index is -0.722. The average molecular weight is 278 g/mol. The fraction of sp³-hybridized carbons (Fsp3) is 0.917. The molecular formula is C12H22O7. The Labute approximate surface area is 113 Å². The normalized spacial score (nSPS) is 35.1. The molecule has 0 spiro atoms. The SMILES string of the molecule is COCC1OC(OC)C(OC(C)=O)C(OC)C1OC. The van der Waals surface area contributed by atoms with Crippen LogP contribution >= 0.6 is 0 Å². The van der Waals surface area contributed by atoms with Gasteiger partial charge in [-0.25, -0.2) is 0 Å². The highest BCUT2D eigenvalue weighted by molar-refractivity contribution is 5.66. The molecule has 0 aliphatic carbocycles. The van der Waals surface area contributed by atoms with E-state index in [1.165, 1.54) is 21.1 Å². The molecule has 1 rings (SSSR count). The van der Waals surface area contributed by atoms with Gasteiger partial charge in [0.25, 0.3) is 0 Å². The zero-order valence-corrected chi connectivity index (χ0v) is 12.0. The second-order valence-corrected chi connectivity index (χ2v) is 4.21. The fourth-order valence-corrected chi connectivity index (χ4v) is 2.24. The van der Waals surface area contributed by atoms with Crippen molar-refractivity contribution >= 4 is 5.97 Å². The van der Waals surface area contributed by atoms with Crippen molar-refractivity contribution in [2.45, 2.75) is 37.6 Å². The van der Waals surface area contributed by atoms with Gasteiger partial charge in [-0.15, -0.1) is 0 Å². The van der Waals surface area contributed by atoms with E-state index in [9.17, 15) is 4.79 Å². The lowest BCUT2D eigenvalue weighted by atomic mass is 9.98. The first-order valence-electron chi connectivity index (χ1n) is 5.99. The third-order valence-electron chi connectivity index (χ3n) is 3.00. The molecule has 0 radical (unpaired) electrons. The number of carbonyl (C=O) groups excluding carboxylic acids is 1. The van der Waals surface area contributed by atoms with Crippen LogP contribution in [-0.4, -0.2) is 71.7 Å². The van der Waals surface area contributed by atoms with Crippen molar-refractivity contribution < 1.29 is 33.2 Å². The molecule has 1 heterocycles. The third kappa shape index (κ3) is 3.87. The molecule has 19 heavy (non-hydrogen) atoms. The highest BCUT2D eigenvalue weighted by Gasteiger charge is 2.48. The summed E-state index contributed by atoms with van der Waals surface area (Å²) in [6.45, 7) is 1.65. The molecule has 0 N–H and O–H groups in total. The Kier molecular flexibility index (Phi) is 6.67. The first-order valence-corrected chi connectivity index (χ1v) is 5.99. The molecule has 7 nitrogen and oxygen atoms in total. The Bertz CT molecular complexity index is 283. The summed E-state index contributed by atoms with van der Waals surface area (Å²) in [5.41, 5.74) is 0. The van der Waals surface area contributed by atoms with Crippen LogP contribution in [0.15, 0.2) is 0 Å². The summed E-state index contributed by atoms with van der Waals surface area (Å²) in [4.78, 5) is 11.2. The maximum Gasteiger partial charge on any atom is 0.303 e. The van der Waals surface area contributed by atoms with Crippen LogP contribution < -0.4 is 0 Å². The van der Waals surface area contributed by atoms with Crippen molar-refractivity contribution in [3.63, 3.8) is 0 Å². The summed E-state index contributed by atoms with van der Waals surface area (Å²) >= 11 is 0. The van der Waals surface area contributed by atoms with Crippen LogP contribution in [0.2, 0.25) is 0 Å². The van der Waals surface area contributed by atoms with Crippen LogP contribution in [0.1, 0.15) is 6.92 Å². The minimum Gasteiger partial charge on any atom is -0.454 e. The van der Waals surface area contributed by atoms with Gasteiger partial charge >= 0.3 is 5.97 Å². The van der Waals surface area contributed by atoms with Crippen molar-refractivity contribution in [3.8, 4) is 0 Å². The molecule has 1 saturated heterocycles. The molecule has 1 fully saturated rings. The van der Waals surface area contributed by atoms with E-state index in [1.807, 2.05) is 0 Å². The first kappa shape index (κ1) is 16.3. The third-order valence-corrected chi connectivity index (χ3v) is 3.00. The molecule has 0 bridgehead atoms. The quantitative estimate of drug-likeness (QED) is 0.631. The number of esters is 1. The predicted molar refractivity (Wildman–Crippen MR) is 64.7 cm³/mol. The Balaban J connectivity index is 2.92. The van der Waals surface area contributed by atoms with E-state index in [2.05, 4.69) is 0 Å². The molecule has 5 atom stereocenters. The summed E-state index contributed by atoms with van der Waals surface area (Å²) in [7, 11) is 6.11. The second-order valence-electron chi connectivity index (χ2n) is 4.21. The number of ether oxygens (including phenoxy) is 6. The van der Waals surface area contributed by atoms with E-state index in [0.29, 0.717) is 6.61 Å². The molecule has 0 aromatic heterocycles. The lowest BCUT2D eigenvalue weighted by Crippen LogP contribution is -2.61. The molecule has 0 aromatic carbocycles. The second kappa shape index (κ2) is 7.76. The number of hydrogen-bond acceptors (Lipinski definition) is 7. The largest absolute Gasteiger partial charge is 0.454 e. The summed E-state index contributed by atoms with van der Waals surface area (Å²) < 4.78 is 32.0. The van der Waals surface area contributed by atoms with Crippen molar-refractivity contribution in [1.29, 1.82) is 0 Å². The van der Waals surface area contributed by atoms with Gasteiger partial charge in [0.1, 0.15) is 18.3 Å². The Morgan fingerprint density at radius 1 is 1.00 bits per heavy atom. The van der Waals surface area contributed by atoms with Gasteiger partial charge in [0.15, 0.2) is 12.4 Å². The van der Waals surface area contributed by atoms with Gasteiger partial charge in [0, 0.05) is 35.4 Å². The Morgan fingerprint density at radius 3 is 2.05 bits per heavy atom. The average Bonchev–Trinajstić information content (AvgIpc) is 2.38. The molecule has 7 heteroatoms. The smallest absolute Gasteiger partial charge is 0.303 e. The Morgan fingerprint density at radius 2 is 1.63 bits per heavy atom. The molecule has 1 aliphatic heterocycles. The van der Waals surface area contributed by atoms with Gasteiger partial charge < -0.3 is 28.4 Å². The van der Waals surface area contributed by atoms with Crippen LogP contribution in [0.5, 0.6) is 0 Å². The van der Waals surface area contributed by atoms with Crippen LogP contribution in [0, 0.1) is 0 Å². The molecule has 0 saturated carbocycles. The van der Waals surface area contributed by atoms with Crippen LogP contribution in [-0.2, 0) is 33.2 Å². The molecule has 112 valence electrons. The van der Waals surface area contributed by atoms with Gasteiger partial charge in [-0.1, -0.05) is 0 Å². The van der Waals surface area contributed by atoms with Gasteiger partial charge in [-0.3, -0.25) is 4.79 Å². The minimum absolute atomic E-state index is 0.324. The number of methoxy groups -OCH3 is 4. The molecular weight excluding hydrogens is 256 g/mol. The lowest BCUT2D eigenvalue weighted by molar-refractivity contribution is -0.305. The topological polar surface area (TPSA) is 72.5 Å². The lowest BCUT2D eigenvalue weighted by Gasteiger charge is -2.43. The Hall–Kier alpha value is -0.730. The first-order chi connectivity index (χ1) is 9.08. The highest BCUT2D eigenvalue weighted by Crippen LogP contribution is 2.28. The van der Waals surface area contributed by atoms with Crippen LogP contribution in [0.3, 0.4) is 0 Å². The van der Waals surface area contributed by atoms with E-state index < -0.39 is 30.6 Å². The van der Waals surface area contributed by atoms with Gasteiger partial charge in [-0.05, 0) is 0 Å². The number of rotatable bonds is 6. The highest BCUT2D eigenvalue weighted by atomic mass is 16.7. The summed E-state index contributed by atoms with van der Waals surface area (Å²) in [6, 6.07) is 0. The van der Waals surface area contributed by atoms with Gasteiger partial charge in [0.05, 0.1) is 6.61 Å². The van der Waals surface area contributed by atoms with E-state index in [4.69, 9.17) is 28.4 Å². The zero-order chi connectivity index (χ0) is 14.4. The van der Waals surface area contributed by atoms with Gasteiger partial charge in [0.2, 0.25) is 0 Å². The summed E-state index contributed by atoms with van der Waals surface area (Å²) in [6.07, 6.45) is -2.68. The molecule has 1 aliphatic rings.